The number of carbonyl (C=O) groups excluding carboxylic acids is 1. The molecular weight excluding hydrogens is 200 g/mol. The van der Waals surface area contributed by atoms with Crippen LogP contribution in [0, 0.1) is 0 Å². The molecule has 1 aromatic carbocycles. The van der Waals surface area contributed by atoms with Crippen LogP contribution in [-0.2, 0) is 11.2 Å². The lowest BCUT2D eigenvalue weighted by Crippen LogP contribution is -2.68. The van der Waals surface area contributed by atoms with Crippen molar-refractivity contribution in [1.82, 2.24) is 4.90 Å². The topological polar surface area (TPSA) is 48.0 Å². The molecule has 0 aromatic heterocycles. The Labute approximate surface area is 97.2 Å². The molecule has 0 saturated heterocycles. The van der Waals surface area contributed by atoms with Gasteiger partial charge in [-0.3, -0.25) is 4.79 Å². The number of rotatable bonds is 5. The molecule has 3 nitrogen and oxygen atoms in total. The van der Waals surface area contributed by atoms with E-state index in [-0.39, 0.29) is 11.9 Å². The van der Waals surface area contributed by atoms with Gasteiger partial charge in [-0.1, -0.05) is 30.3 Å². The Kier molecular flexibility index (Phi) is 4.99. The highest BCUT2D eigenvalue weighted by molar-refractivity contribution is 5.80. The van der Waals surface area contributed by atoms with E-state index >= 15 is 0 Å². The number of nitrogens with zero attached hydrogens (tertiary/aromatic N) is 1. The molecule has 3 N–H and O–H groups in total. The summed E-state index contributed by atoms with van der Waals surface area (Å²) < 4.78 is 0. The zero-order valence-electron chi connectivity index (χ0n) is 10.1. The first-order chi connectivity index (χ1) is 7.69. The van der Waals surface area contributed by atoms with E-state index in [1.807, 2.05) is 49.1 Å². The summed E-state index contributed by atoms with van der Waals surface area (Å²) in [6.07, 6.45) is 0.718. The lowest BCUT2D eigenvalue weighted by Gasteiger charge is -2.20. The molecule has 0 aliphatic rings. The SMILES string of the molecule is CCN(CC)C(=O)[C@@H]([NH3+])Cc1ccccc1. The number of benzene rings is 1. The lowest BCUT2D eigenvalue weighted by atomic mass is 10.1. The second kappa shape index (κ2) is 6.28. The third-order valence-electron chi connectivity index (χ3n) is 2.75. The molecule has 0 heterocycles. The van der Waals surface area contributed by atoms with Crippen LogP contribution >= 0.6 is 0 Å². The monoisotopic (exact) mass is 221 g/mol. The molecule has 0 spiro atoms. The van der Waals surface area contributed by atoms with E-state index < -0.39 is 0 Å². The van der Waals surface area contributed by atoms with Gasteiger partial charge in [0.2, 0.25) is 0 Å². The van der Waals surface area contributed by atoms with Crippen LogP contribution in [0.25, 0.3) is 0 Å². The second-order valence-electron chi connectivity index (χ2n) is 3.90. The maximum atomic E-state index is 12.0. The van der Waals surface area contributed by atoms with E-state index in [2.05, 4.69) is 5.73 Å². The highest BCUT2D eigenvalue weighted by Crippen LogP contribution is 2.03. The third kappa shape index (κ3) is 3.35. The summed E-state index contributed by atoms with van der Waals surface area (Å²) in [7, 11) is 0. The number of likely N-dealkylation sites (N-methyl/N-ethyl adjacent to an activating group) is 1. The predicted octanol–water partition coefficient (Wildman–Crippen LogP) is 0.708. The largest absolute Gasteiger partial charge is 0.347 e. The van der Waals surface area contributed by atoms with Crippen molar-refractivity contribution in [1.29, 1.82) is 0 Å². The molecular formula is C13H21N2O+. The van der Waals surface area contributed by atoms with E-state index in [1.165, 1.54) is 5.56 Å². The fourth-order valence-corrected chi connectivity index (χ4v) is 1.78. The summed E-state index contributed by atoms with van der Waals surface area (Å²) >= 11 is 0. The summed E-state index contributed by atoms with van der Waals surface area (Å²) in [4.78, 5) is 13.8. The van der Waals surface area contributed by atoms with E-state index in [9.17, 15) is 4.79 Å². The highest BCUT2D eigenvalue weighted by Gasteiger charge is 2.21. The van der Waals surface area contributed by atoms with Gasteiger partial charge in [0.1, 0.15) is 0 Å². The summed E-state index contributed by atoms with van der Waals surface area (Å²) in [6, 6.07) is 9.85. The first-order valence-electron chi connectivity index (χ1n) is 5.84. The van der Waals surface area contributed by atoms with Crippen molar-refractivity contribution in [2.75, 3.05) is 13.1 Å². The van der Waals surface area contributed by atoms with Gasteiger partial charge in [0.05, 0.1) is 0 Å². The van der Waals surface area contributed by atoms with E-state index in [1.54, 1.807) is 0 Å². The van der Waals surface area contributed by atoms with Crippen molar-refractivity contribution in [3.63, 3.8) is 0 Å². The number of carbonyl (C=O) groups is 1. The molecule has 3 heteroatoms. The van der Waals surface area contributed by atoms with Crippen LogP contribution in [0.4, 0.5) is 0 Å². The molecule has 0 aliphatic carbocycles. The average molecular weight is 221 g/mol. The third-order valence-corrected chi connectivity index (χ3v) is 2.75. The minimum Gasteiger partial charge on any atom is -0.347 e. The average Bonchev–Trinajstić information content (AvgIpc) is 2.31. The van der Waals surface area contributed by atoms with Crippen molar-refractivity contribution in [2.45, 2.75) is 26.3 Å². The number of hydrogen-bond acceptors (Lipinski definition) is 1. The van der Waals surface area contributed by atoms with Crippen LogP contribution in [0.2, 0.25) is 0 Å². The van der Waals surface area contributed by atoms with Gasteiger partial charge in [-0.05, 0) is 19.4 Å². The van der Waals surface area contributed by atoms with Gasteiger partial charge in [0.25, 0.3) is 5.91 Å². The normalized spacial score (nSPS) is 12.2. The predicted molar refractivity (Wildman–Crippen MR) is 64.8 cm³/mol. The summed E-state index contributed by atoms with van der Waals surface area (Å²) in [5.74, 6) is 0.147. The molecule has 1 atom stereocenters. The van der Waals surface area contributed by atoms with Gasteiger partial charge in [-0.15, -0.1) is 0 Å². The van der Waals surface area contributed by atoms with E-state index in [0.29, 0.717) is 0 Å². The Morgan fingerprint density at radius 2 is 1.81 bits per heavy atom. The molecule has 0 radical (unpaired) electrons. The molecule has 0 bridgehead atoms. The zero-order chi connectivity index (χ0) is 12.0. The number of amides is 1. The summed E-state index contributed by atoms with van der Waals surface area (Å²) in [5.41, 5.74) is 5.13. The van der Waals surface area contributed by atoms with Crippen LogP contribution in [0.15, 0.2) is 30.3 Å². The van der Waals surface area contributed by atoms with Crippen molar-refractivity contribution in [3.05, 3.63) is 35.9 Å². The molecule has 88 valence electrons. The standard InChI is InChI=1S/C13H20N2O/c1-3-15(4-2)13(16)12(14)10-11-8-6-5-7-9-11/h5-9,12H,3-4,10,14H2,1-2H3/p+1/t12-/m0/s1. The fourth-order valence-electron chi connectivity index (χ4n) is 1.78. The van der Waals surface area contributed by atoms with Crippen molar-refractivity contribution in [2.24, 2.45) is 0 Å². The minimum atomic E-state index is -0.178. The summed E-state index contributed by atoms with van der Waals surface area (Å²) in [6.45, 7) is 5.51. The Bertz CT molecular complexity index is 320. The van der Waals surface area contributed by atoms with Gasteiger partial charge >= 0.3 is 0 Å². The van der Waals surface area contributed by atoms with Crippen molar-refractivity contribution in [3.8, 4) is 0 Å². The zero-order valence-corrected chi connectivity index (χ0v) is 10.1. The van der Waals surface area contributed by atoms with E-state index in [0.717, 1.165) is 19.5 Å². The van der Waals surface area contributed by atoms with Crippen LogP contribution < -0.4 is 5.73 Å². The Morgan fingerprint density at radius 1 is 1.25 bits per heavy atom. The van der Waals surface area contributed by atoms with Crippen LogP contribution in [0.5, 0.6) is 0 Å². The minimum absolute atomic E-state index is 0.147. The van der Waals surface area contributed by atoms with Crippen LogP contribution in [-0.4, -0.2) is 29.9 Å². The molecule has 0 saturated carbocycles. The smallest absolute Gasteiger partial charge is 0.281 e. The van der Waals surface area contributed by atoms with Gasteiger partial charge in [-0.25, -0.2) is 0 Å². The Hall–Kier alpha value is -1.35. The molecule has 16 heavy (non-hydrogen) atoms. The van der Waals surface area contributed by atoms with Crippen LogP contribution in [0.3, 0.4) is 0 Å². The first kappa shape index (κ1) is 12.7. The summed E-state index contributed by atoms with van der Waals surface area (Å²) in [5, 5.41) is 0. The quantitative estimate of drug-likeness (QED) is 0.782. The second-order valence-corrected chi connectivity index (χ2v) is 3.90. The molecule has 1 aromatic rings. The van der Waals surface area contributed by atoms with Crippen molar-refractivity contribution < 1.29 is 10.5 Å². The van der Waals surface area contributed by atoms with Gasteiger partial charge < -0.3 is 10.6 Å². The maximum absolute atomic E-state index is 12.0. The lowest BCUT2D eigenvalue weighted by molar-refractivity contribution is -0.405. The maximum Gasteiger partial charge on any atom is 0.281 e. The van der Waals surface area contributed by atoms with Crippen molar-refractivity contribution >= 4 is 5.91 Å². The molecule has 0 aliphatic heterocycles. The number of hydrogen-bond donors (Lipinski definition) is 1. The Morgan fingerprint density at radius 3 is 2.31 bits per heavy atom. The molecule has 1 amide bonds. The van der Waals surface area contributed by atoms with Gasteiger partial charge in [0.15, 0.2) is 6.04 Å². The van der Waals surface area contributed by atoms with Gasteiger partial charge in [0, 0.05) is 19.5 Å². The molecule has 0 unspecified atom stereocenters. The first-order valence-corrected chi connectivity index (χ1v) is 5.84. The molecule has 0 fully saturated rings. The van der Waals surface area contributed by atoms with Crippen LogP contribution in [0.1, 0.15) is 19.4 Å². The van der Waals surface area contributed by atoms with Gasteiger partial charge in [-0.2, -0.15) is 0 Å². The molecule has 1 rings (SSSR count). The number of quaternary nitrogens is 1. The fraction of sp³-hybridized carbons (Fsp3) is 0.462. The highest BCUT2D eigenvalue weighted by atomic mass is 16.2. The Balaban J connectivity index is 2.58. The van der Waals surface area contributed by atoms with E-state index in [4.69, 9.17) is 0 Å².